The van der Waals surface area contributed by atoms with Gasteiger partial charge in [-0.15, -0.1) is 11.6 Å². The van der Waals surface area contributed by atoms with E-state index in [1.807, 2.05) is 12.1 Å². The zero-order valence-electron chi connectivity index (χ0n) is 10.0. The SMILES string of the molecule is ClC1CCCC(Nc2ncc3ncccc3n2)C1. The van der Waals surface area contributed by atoms with E-state index in [9.17, 15) is 0 Å². The van der Waals surface area contributed by atoms with Gasteiger partial charge in [-0.3, -0.25) is 4.98 Å². The van der Waals surface area contributed by atoms with Crippen LogP contribution in [0.3, 0.4) is 0 Å². The third kappa shape index (κ3) is 2.53. The molecule has 0 radical (unpaired) electrons. The van der Waals surface area contributed by atoms with Crippen LogP contribution in [0.1, 0.15) is 25.7 Å². The van der Waals surface area contributed by atoms with Gasteiger partial charge in [-0.05, 0) is 37.8 Å². The van der Waals surface area contributed by atoms with Crippen molar-refractivity contribution in [3.63, 3.8) is 0 Å². The molecule has 94 valence electrons. The van der Waals surface area contributed by atoms with Gasteiger partial charge in [0.05, 0.1) is 11.7 Å². The molecule has 1 aliphatic carbocycles. The normalized spacial score (nSPS) is 24.1. The van der Waals surface area contributed by atoms with Crippen LogP contribution in [-0.2, 0) is 0 Å². The number of nitrogens with one attached hydrogen (secondary N) is 1. The first-order chi connectivity index (χ1) is 8.81. The molecule has 2 aromatic rings. The molecule has 0 saturated heterocycles. The molecule has 1 N–H and O–H groups in total. The van der Waals surface area contributed by atoms with Crippen LogP contribution in [0, 0.1) is 0 Å². The lowest BCUT2D eigenvalue weighted by Crippen LogP contribution is -2.28. The fourth-order valence-corrected chi connectivity index (χ4v) is 2.75. The topological polar surface area (TPSA) is 50.7 Å². The predicted molar refractivity (Wildman–Crippen MR) is 72.9 cm³/mol. The maximum atomic E-state index is 6.18. The molecular weight excluding hydrogens is 248 g/mol. The summed E-state index contributed by atoms with van der Waals surface area (Å²) in [7, 11) is 0. The van der Waals surface area contributed by atoms with E-state index in [0.29, 0.717) is 12.0 Å². The van der Waals surface area contributed by atoms with Crippen LogP contribution in [0.4, 0.5) is 5.95 Å². The van der Waals surface area contributed by atoms with E-state index < -0.39 is 0 Å². The van der Waals surface area contributed by atoms with E-state index in [0.717, 1.165) is 30.3 Å². The molecule has 2 atom stereocenters. The maximum Gasteiger partial charge on any atom is 0.223 e. The summed E-state index contributed by atoms with van der Waals surface area (Å²) in [4.78, 5) is 13.0. The number of alkyl halides is 1. The fraction of sp³-hybridized carbons (Fsp3) is 0.462. The highest BCUT2D eigenvalue weighted by atomic mass is 35.5. The monoisotopic (exact) mass is 262 g/mol. The summed E-state index contributed by atoms with van der Waals surface area (Å²) in [5.41, 5.74) is 1.69. The Hall–Kier alpha value is -1.42. The number of anilines is 1. The molecule has 0 aromatic carbocycles. The summed E-state index contributed by atoms with van der Waals surface area (Å²) in [5.74, 6) is 0.672. The lowest BCUT2D eigenvalue weighted by Gasteiger charge is -2.26. The van der Waals surface area contributed by atoms with Crippen molar-refractivity contribution in [1.29, 1.82) is 0 Å². The molecule has 0 aliphatic heterocycles. The predicted octanol–water partition coefficient (Wildman–Crippen LogP) is 2.99. The second-order valence-electron chi connectivity index (χ2n) is 4.71. The Balaban J connectivity index is 1.78. The Morgan fingerprint density at radius 1 is 1.22 bits per heavy atom. The van der Waals surface area contributed by atoms with E-state index in [1.54, 1.807) is 12.4 Å². The molecule has 4 nitrogen and oxygen atoms in total. The van der Waals surface area contributed by atoms with Gasteiger partial charge in [0.25, 0.3) is 0 Å². The van der Waals surface area contributed by atoms with Gasteiger partial charge in [-0.25, -0.2) is 9.97 Å². The third-order valence-electron chi connectivity index (χ3n) is 3.30. The van der Waals surface area contributed by atoms with Crippen molar-refractivity contribution in [3.05, 3.63) is 24.5 Å². The first-order valence-corrected chi connectivity index (χ1v) is 6.73. The Morgan fingerprint density at radius 2 is 2.17 bits per heavy atom. The van der Waals surface area contributed by atoms with Crippen molar-refractivity contribution >= 4 is 28.6 Å². The lowest BCUT2D eigenvalue weighted by atomic mass is 9.95. The van der Waals surface area contributed by atoms with Gasteiger partial charge >= 0.3 is 0 Å². The molecule has 2 unspecified atom stereocenters. The second kappa shape index (κ2) is 5.06. The average molecular weight is 263 g/mol. The van der Waals surface area contributed by atoms with E-state index in [1.165, 1.54) is 6.42 Å². The number of hydrogen-bond acceptors (Lipinski definition) is 4. The largest absolute Gasteiger partial charge is 0.351 e. The minimum absolute atomic E-state index is 0.276. The van der Waals surface area contributed by atoms with Gasteiger partial charge in [0, 0.05) is 17.6 Å². The standard InChI is InChI=1S/C13H15ClN4/c14-9-3-1-4-10(7-9)17-13-16-8-12-11(18-13)5-2-6-15-12/h2,5-6,8-10H,1,3-4,7H2,(H,16,17,18). The molecule has 1 saturated carbocycles. The Morgan fingerprint density at radius 3 is 3.06 bits per heavy atom. The Kier molecular flexibility index (Phi) is 3.28. The number of pyridine rings is 1. The maximum absolute atomic E-state index is 6.18. The van der Waals surface area contributed by atoms with E-state index >= 15 is 0 Å². The van der Waals surface area contributed by atoms with Crippen LogP contribution in [-0.4, -0.2) is 26.4 Å². The molecule has 18 heavy (non-hydrogen) atoms. The van der Waals surface area contributed by atoms with Gasteiger partial charge in [-0.1, -0.05) is 0 Å². The van der Waals surface area contributed by atoms with Crippen molar-refractivity contribution in [2.75, 3.05) is 5.32 Å². The van der Waals surface area contributed by atoms with Crippen LogP contribution < -0.4 is 5.32 Å². The second-order valence-corrected chi connectivity index (χ2v) is 5.32. The van der Waals surface area contributed by atoms with Crippen LogP contribution in [0.15, 0.2) is 24.5 Å². The minimum Gasteiger partial charge on any atom is -0.351 e. The van der Waals surface area contributed by atoms with E-state index in [4.69, 9.17) is 11.6 Å². The number of fused-ring (bicyclic) bond motifs is 1. The van der Waals surface area contributed by atoms with Crippen molar-refractivity contribution in [2.24, 2.45) is 0 Å². The Bertz CT molecular complexity index is 545. The third-order valence-corrected chi connectivity index (χ3v) is 3.69. The average Bonchev–Trinajstić information content (AvgIpc) is 2.39. The zero-order valence-corrected chi connectivity index (χ0v) is 10.8. The molecule has 2 heterocycles. The summed E-state index contributed by atoms with van der Waals surface area (Å²) in [6.07, 6.45) is 7.90. The highest BCUT2D eigenvalue weighted by Gasteiger charge is 2.20. The van der Waals surface area contributed by atoms with Gasteiger partial charge in [0.1, 0.15) is 5.52 Å². The summed E-state index contributed by atoms with van der Waals surface area (Å²) in [6.45, 7) is 0. The van der Waals surface area contributed by atoms with Crippen molar-refractivity contribution in [1.82, 2.24) is 15.0 Å². The summed E-state index contributed by atoms with van der Waals surface area (Å²) < 4.78 is 0. The van der Waals surface area contributed by atoms with Crippen LogP contribution >= 0.6 is 11.6 Å². The number of rotatable bonds is 2. The minimum atomic E-state index is 0.276. The van der Waals surface area contributed by atoms with E-state index in [-0.39, 0.29) is 5.38 Å². The summed E-state index contributed by atoms with van der Waals surface area (Å²) in [6, 6.07) is 4.21. The van der Waals surface area contributed by atoms with E-state index in [2.05, 4.69) is 20.3 Å². The summed E-state index contributed by atoms with van der Waals surface area (Å²) in [5, 5.41) is 3.65. The van der Waals surface area contributed by atoms with Crippen LogP contribution in [0.5, 0.6) is 0 Å². The first-order valence-electron chi connectivity index (χ1n) is 6.29. The molecule has 0 bridgehead atoms. The fourth-order valence-electron chi connectivity index (χ4n) is 2.38. The number of nitrogens with zero attached hydrogens (tertiary/aromatic N) is 3. The molecule has 1 aliphatic rings. The van der Waals surface area contributed by atoms with Crippen molar-refractivity contribution in [3.8, 4) is 0 Å². The highest BCUT2D eigenvalue weighted by Crippen LogP contribution is 2.24. The zero-order chi connectivity index (χ0) is 12.4. The number of hydrogen-bond donors (Lipinski definition) is 1. The molecule has 5 heteroatoms. The lowest BCUT2D eigenvalue weighted by molar-refractivity contribution is 0.467. The molecule has 0 amide bonds. The molecular formula is C13H15ClN4. The molecule has 2 aromatic heterocycles. The van der Waals surface area contributed by atoms with Crippen LogP contribution in [0.2, 0.25) is 0 Å². The quantitative estimate of drug-likeness (QED) is 0.846. The highest BCUT2D eigenvalue weighted by molar-refractivity contribution is 6.20. The van der Waals surface area contributed by atoms with Crippen molar-refractivity contribution < 1.29 is 0 Å². The molecule has 1 fully saturated rings. The van der Waals surface area contributed by atoms with Crippen molar-refractivity contribution in [2.45, 2.75) is 37.1 Å². The van der Waals surface area contributed by atoms with Gasteiger partial charge in [0.2, 0.25) is 5.95 Å². The van der Waals surface area contributed by atoms with Gasteiger partial charge < -0.3 is 5.32 Å². The van der Waals surface area contributed by atoms with Gasteiger partial charge in [-0.2, -0.15) is 0 Å². The summed E-state index contributed by atoms with van der Waals surface area (Å²) >= 11 is 6.18. The smallest absolute Gasteiger partial charge is 0.223 e. The Labute approximate surface area is 111 Å². The van der Waals surface area contributed by atoms with Gasteiger partial charge in [0.15, 0.2) is 0 Å². The first kappa shape index (κ1) is 11.7. The number of aromatic nitrogens is 3. The van der Waals surface area contributed by atoms with Crippen LogP contribution in [0.25, 0.3) is 11.0 Å². The molecule has 3 rings (SSSR count). The molecule has 0 spiro atoms. The number of halogens is 1.